The van der Waals surface area contributed by atoms with E-state index in [-0.39, 0.29) is 0 Å². The van der Waals surface area contributed by atoms with Gasteiger partial charge in [-0.05, 0) is 44.7 Å². The predicted molar refractivity (Wildman–Crippen MR) is 66.7 cm³/mol. The molecule has 0 radical (unpaired) electrons. The molecule has 3 heteroatoms. The van der Waals surface area contributed by atoms with Crippen LogP contribution >= 0.6 is 0 Å². The van der Waals surface area contributed by atoms with E-state index in [1.54, 1.807) is 0 Å². The summed E-state index contributed by atoms with van der Waals surface area (Å²) in [7, 11) is 0. The van der Waals surface area contributed by atoms with Crippen molar-refractivity contribution in [1.29, 1.82) is 0 Å². The van der Waals surface area contributed by atoms with Gasteiger partial charge in [-0.1, -0.05) is 6.92 Å². The molecule has 94 valence electrons. The van der Waals surface area contributed by atoms with Gasteiger partial charge in [0.1, 0.15) is 0 Å². The molecule has 2 fully saturated rings. The van der Waals surface area contributed by atoms with Crippen molar-refractivity contribution in [3.05, 3.63) is 0 Å². The van der Waals surface area contributed by atoms with E-state index in [1.165, 1.54) is 51.9 Å². The van der Waals surface area contributed by atoms with Crippen molar-refractivity contribution >= 4 is 0 Å². The molecule has 0 bridgehead atoms. The van der Waals surface area contributed by atoms with Gasteiger partial charge in [-0.15, -0.1) is 0 Å². The third-order valence-electron chi connectivity index (χ3n) is 3.81. The molecule has 0 saturated carbocycles. The number of nitrogens with zero attached hydrogens (tertiary/aromatic N) is 1. The van der Waals surface area contributed by atoms with Crippen molar-refractivity contribution in [2.75, 3.05) is 39.4 Å². The van der Waals surface area contributed by atoms with Gasteiger partial charge in [0.25, 0.3) is 0 Å². The lowest BCUT2D eigenvalue weighted by Gasteiger charge is -2.33. The predicted octanol–water partition coefficient (Wildman–Crippen LogP) is 1.49. The Kier molecular flexibility index (Phi) is 5.07. The summed E-state index contributed by atoms with van der Waals surface area (Å²) in [4.78, 5) is 2.69. The molecule has 2 saturated heterocycles. The fourth-order valence-corrected chi connectivity index (χ4v) is 2.94. The van der Waals surface area contributed by atoms with Gasteiger partial charge in [0.2, 0.25) is 0 Å². The second-order valence-electron chi connectivity index (χ2n) is 5.22. The van der Waals surface area contributed by atoms with Crippen molar-refractivity contribution in [3.63, 3.8) is 0 Å². The molecule has 2 atom stereocenters. The van der Waals surface area contributed by atoms with E-state index >= 15 is 0 Å². The molecule has 2 aliphatic rings. The van der Waals surface area contributed by atoms with Crippen LogP contribution in [-0.4, -0.2) is 50.3 Å². The molecule has 2 rings (SSSR count). The van der Waals surface area contributed by atoms with Crippen LogP contribution in [0.3, 0.4) is 0 Å². The van der Waals surface area contributed by atoms with E-state index < -0.39 is 0 Å². The van der Waals surface area contributed by atoms with Gasteiger partial charge in [0, 0.05) is 25.7 Å². The third-order valence-corrected chi connectivity index (χ3v) is 3.81. The van der Waals surface area contributed by atoms with Crippen LogP contribution in [0.15, 0.2) is 0 Å². The summed E-state index contributed by atoms with van der Waals surface area (Å²) in [5, 5.41) is 3.48. The number of nitrogens with one attached hydrogen (secondary N) is 1. The van der Waals surface area contributed by atoms with Crippen LogP contribution in [0.5, 0.6) is 0 Å². The molecule has 3 nitrogen and oxygen atoms in total. The molecule has 0 amide bonds. The van der Waals surface area contributed by atoms with Gasteiger partial charge in [0.15, 0.2) is 0 Å². The number of hydrogen-bond acceptors (Lipinski definition) is 3. The summed E-state index contributed by atoms with van der Waals surface area (Å²) in [6.07, 6.45) is 5.21. The monoisotopic (exact) mass is 226 g/mol. The van der Waals surface area contributed by atoms with Crippen LogP contribution in [0.1, 0.15) is 32.6 Å². The van der Waals surface area contributed by atoms with Crippen molar-refractivity contribution in [2.45, 2.75) is 38.6 Å². The highest BCUT2D eigenvalue weighted by atomic mass is 16.5. The van der Waals surface area contributed by atoms with Crippen LogP contribution in [0.2, 0.25) is 0 Å². The van der Waals surface area contributed by atoms with Gasteiger partial charge < -0.3 is 10.1 Å². The lowest BCUT2D eigenvalue weighted by atomic mass is 10.0. The summed E-state index contributed by atoms with van der Waals surface area (Å²) in [6.45, 7) is 9.14. The quantitative estimate of drug-likeness (QED) is 0.768. The van der Waals surface area contributed by atoms with E-state index in [1.807, 2.05) is 0 Å². The average Bonchev–Trinajstić information content (AvgIpc) is 2.83. The van der Waals surface area contributed by atoms with Gasteiger partial charge >= 0.3 is 0 Å². The first-order valence-electron chi connectivity index (χ1n) is 6.92. The molecular weight excluding hydrogens is 200 g/mol. The Balaban J connectivity index is 1.80. The van der Waals surface area contributed by atoms with Gasteiger partial charge in [-0.3, -0.25) is 4.90 Å². The highest BCUT2D eigenvalue weighted by Gasteiger charge is 2.25. The Labute approximate surface area is 99.5 Å². The summed E-state index contributed by atoms with van der Waals surface area (Å²) in [6, 6.07) is 0.780. The molecule has 0 aromatic rings. The molecule has 0 aliphatic carbocycles. The fourth-order valence-electron chi connectivity index (χ4n) is 2.94. The highest BCUT2D eigenvalue weighted by Crippen LogP contribution is 2.18. The largest absolute Gasteiger partial charge is 0.381 e. The fraction of sp³-hybridized carbons (Fsp3) is 1.00. The highest BCUT2D eigenvalue weighted by molar-refractivity contribution is 4.82. The Morgan fingerprint density at radius 3 is 2.94 bits per heavy atom. The SMILES string of the molecule is CCCN(CC1CCCOC1)C1CCNC1. The van der Waals surface area contributed by atoms with Crippen LogP contribution in [0.25, 0.3) is 0 Å². The van der Waals surface area contributed by atoms with Crippen molar-refractivity contribution in [2.24, 2.45) is 5.92 Å². The molecule has 2 heterocycles. The van der Waals surface area contributed by atoms with Crippen LogP contribution < -0.4 is 5.32 Å². The lowest BCUT2D eigenvalue weighted by Crippen LogP contribution is -2.42. The number of ether oxygens (including phenoxy) is 1. The standard InChI is InChI=1S/C13H26N2O/c1-2-7-15(13-5-6-14-9-13)10-12-4-3-8-16-11-12/h12-14H,2-11H2,1H3. The van der Waals surface area contributed by atoms with E-state index in [0.717, 1.165) is 25.2 Å². The Morgan fingerprint density at radius 1 is 1.38 bits per heavy atom. The average molecular weight is 226 g/mol. The second kappa shape index (κ2) is 6.58. The topological polar surface area (TPSA) is 24.5 Å². The van der Waals surface area contributed by atoms with E-state index in [9.17, 15) is 0 Å². The summed E-state index contributed by atoms with van der Waals surface area (Å²) in [5.74, 6) is 0.779. The minimum absolute atomic E-state index is 0.779. The summed E-state index contributed by atoms with van der Waals surface area (Å²) < 4.78 is 5.58. The van der Waals surface area contributed by atoms with Gasteiger partial charge in [-0.25, -0.2) is 0 Å². The van der Waals surface area contributed by atoms with Gasteiger partial charge in [-0.2, -0.15) is 0 Å². The lowest BCUT2D eigenvalue weighted by molar-refractivity contribution is 0.0322. The van der Waals surface area contributed by atoms with Crippen molar-refractivity contribution in [3.8, 4) is 0 Å². The zero-order valence-electron chi connectivity index (χ0n) is 10.6. The molecule has 0 aromatic heterocycles. The van der Waals surface area contributed by atoms with Gasteiger partial charge in [0.05, 0.1) is 6.61 Å². The molecule has 2 aliphatic heterocycles. The van der Waals surface area contributed by atoms with Crippen molar-refractivity contribution in [1.82, 2.24) is 10.2 Å². The Hall–Kier alpha value is -0.120. The van der Waals surface area contributed by atoms with E-state index in [2.05, 4.69) is 17.1 Å². The molecule has 2 unspecified atom stereocenters. The minimum Gasteiger partial charge on any atom is -0.381 e. The number of hydrogen-bond donors (Lipinski definition) is 1. The first-order chi connectivity index (χ1) is 7.90. The zero-order chi connectivity index (χ0) is 11.2. The van der Waals surface area contributed by atoms with Crippen molar-refractivity contribution < 1.29 is 4.74 Å². The van der Waals surface area contributed by atoms with Crippen LogP contribution in [0.4, 0.5) is 0 Å². The van der Waals surface area contributed by atoms with Crippen LogP contribution in [-0.2, 0) is 4.74 Å². The maximum absolute atomic E-state index is 5.58. The summed E-state index contributed by atoms with van der Waals surface area (Å²) in [5.41, 5.74) is 0. The second-order valence-corrected chi connectivity index (χ2v) is 5.22. The molecule has 0 spiro atoms. The smallest absolute Gasteiger partial charge is 0.0506 e. The molecule has 16 heavy (non-hydrogen) atoms. The van der Waals surface area contributed by atoms with E-state index in [4.69, 9.17) is 4.74 Å². The Bertz CT molecular complexity index is 186. The first kappa shape index (κ1) is 12.3. The molecular formula is C13H26N2O. The Morgan fingerprint density at radius 2 is 2.31 bits per heavy atom. The third kappa shape index (κ3) is 3.44. The summed E-state index contributed by atoms with van der Waals surface area (Å²) >= 11 is 0. The van der Waals surface area contributed by atoms with E-state index in [0.29, 0.717) is 0 Å². The maximum Gasteiger partial charge on any atom is 0.0506 e. The maximum atomic E-state index is 5.58. The normalized spacial score (nSPS) is 31.1. The first-order valence-corrected chi connectivity index (χ1v) is 6.92. The molecule has 1 N–H and O–H groups in total. The number of rotatable bonds is 5. The zero-order valence-corrected chi connectivity index (χ0v) is 10.6. The molecule has 0 aromatic carbocycles. The van der Waals surface area contributed by atoms with Crippen LogP contribution in [0, 0.1) is 5.92 Å². The minimum atomic E-state index is 0.779.